The van der Waals surface area contributed by atoms with Crippen molar-refractivity contribution in [1.29, 1.82) is 0 Å². The molecular weight excluding hydrogens is 458 g/mol. The van der Waals surface area contributed by atoms with Crippen molar-refractivity contribution in [3.8, 4) is 5.75 Å². The van der Waals surface area contributed by atoms with E-state index in [2.05, 4.69) is 17.2 Å². The van der Waals surface area contributed by atoms with Crippen LogP contribution in [-0.4, -0.2) is 40.8 Å². The largest absolute Gasteiger partial charge is 0.494 e. The Kier molecular flexibility index (Phi) is 9.21. The van der Waals surface area contributed by atoms with Crippen molar-refractivity contribution in [1.82, 2.24) is 4.90 Å². The summed E-state index contributed by atoms with van der Waals surface area (Å²) in [5.74, 6) is 0.422. The molecule has 2 aromatic rings. The molecule has 3 rings (SSSR count). The van der Waals surface area contributed by atoms with Crippen LogP contribution in [0.3, 0.4) is 0 Å². The molecular formula is C25H30ClN3O3S. The molecule has 1 N–H and O–H groups in total. The number of unbranched alkanes of at least 4 members (excludes halogenated alkanes) is 3. The van der Waals surface area contributed by atoms with E-state index in [1.165, 1.54) is 35.9 Å². The number of nitrogens with one attached hydrogen (secondary N) is 1. The Bertz CT molecular complexity index is 1010. The Morgan fingerprint density at radius 3 is 2.64 bits per heavy atom. The molecule has 1 fully saturated rings. The van der Waals surface area contributed by atoms with Gasteiger partial charge in [0.25, 0.3) is 0 Å². The normalized spacial score (nSPS) is 17.0. The molecule has 8 heteroatoms. The minimum Gasteiger partial charge on any atom is -0.494 e. The highest BCUT2D eigenvalue weighted by Gasteiger charge is 2.37. The number of nitrogens with zero attached hydrogens (tertiary/aromatic N) is 2. The number of rotatable bonds is 10. The fraction of sp³-hybridized carbons (Fsp3) is 0.400. The maximum absolute atomic E-state index is 12.6. The van der Waals surface area contributed by atoms with E-state index in [0.717, 1.165) is 17.7 Å². The van der Waals surface area contributed by atoms with Gasteiger partial charge in [-0.1, -0.05) is 55.6 Å². The van der Waals surface area contributed by atoms with Crippen LogP contribution in [-0.2, 0) is 9.59 Å². The minimum atomic E-state index is -0.514. The third-order valence-electron chi connectivity index (χ3n) is 5.30. The number of carbonyl (C=O) groups excluding carboxylic acids is 2. The fourth-order valence-corrected chi connectivity index (χ4v) is 4.62. The molecule has 1 unspecified atom stereocenters. The SMILES string of the molecule is CCCCCCOc1ccc(NC(=O)CC2SC(=Nc3ccc(C)c(Cl)c3)N(C)C2=O)cc1. The lowest BCUT2D eigenvalue weighted by molar-refractivity contribution is -0.127. The Morgan fingerprint density at radius 2 is 1.94 bits per heavy atom. The summed E-state index contributed by atoms with van der Waals surface area (Å²) < 4.78 is 5.73. The highest BCUT2D eigenvalue weighted by molar-refractivity contribution is 8.15. The van der Waals surface area contributed by atoms with Crippen LogP contribution >= 0.6 is 23.4 Å². The van der Waals surface area contributed by atoms with Gasteiger partial charge < -0.3 is 10.1 Å². The van der Waals surface area contributed by atoms with Crippen LogP contribution in [0.1, 0.15) is 44.6 Å². The van der Waals surface area contributed by atoms with Gasteiger partial charge in [0.1, 0.15) is 11.0 Å². The van der Waals surface area contributed by atoms with Crippen LogP contribution in [0.5, 0.6) is 5.75 Å². The summed E-state index contributed by atoms with van der Waals surface area (Å²) >= 11 is 7.46. The van der Waals surface area contributed by atoms with Gasteiger partial charge in [-0.2, -0.15) is 0 Å². The zero-order valence-corrected chi connectivity index (χ0v) is 20.8. The molecule has 0 bridgehead atoms. The van der Waals surface area contributed by atoms with Crippen LogP contribution in [0.2, 0.25) is 5.02 Å². The van der Waals surface area contributed by atoms with Gasteiger partial charge in [-0.15, -0.1) is 0 Å². The number of amides is 2. The quantitative estimate of drug-likeness (QED) is 0.405. The van der Waals surface area contributed by atoms with Crippen LogP contribution < -0.4 is 10.1 Å². The van der Waals surface area contributed by atoms with Gasteiger partial charge in [0.2, 0.25) is 11.8 Å². The zero-order chi connectivity index (χ0) is 23.8. The average molecular weight is 488 g/mol. The summed E-state index contributed by atoms with van der Waals surface area (Å²) in [6.45, 7) is 4.80. The van der Waals surface area contributed by atoms with Gasteiger partial charge in [-0.05, 0) is 55.3 Å². The van der Waals surface area contributed by atoms with E-state index >= 15 is 0 Å². The molecule has 0 spiro atoms. The molecule has 2 amide bonds. The monoisotopic (exact) mass is 487 g/mol. The van der Waals surface area contributed by atoms with Crippen molar-refractivity contribution in [3.63, 3.8) is 0 Å². The Balaban J connectivity index is 1.52. The second-order valence-corrected chi connectivity index (χ2v) is 9.59. The number of hydrogen-bond donors (Lipinski definition) is 1. The number of halogens is 1. The van der Waals surface area contributed by atoms with E-state index in [1.807, 2.05) is 43.3 Å². The van der Waals surface area contributed by atoms with Crippen molar-refractivity contribution in [2.75, 3.05) is 19.0 Å². The minimum absolute atomic E-state index is 0.0667. The van der Waals surface area contributed by atoms with E-state index in [4.69, 9.17) is 16.3 Å². The van der Waals surface area contributed by atoms with Crippen LogP contribution in [0.25, 0.3) is 0 Å². The molecule has 2 aromatic carbocycles. The number of carbonyl (C=O) groups is 2. The van der Waals surface area contributed by atoms with E-state index in [9.17, 15) is 9.59 Å². The third-order valence-corrected chi connectivity index (χ3v) is 6.93. The zero-order valence-electron chi connectivity index (χ0n) is 19.3. The lowest BCUT2D eigenvalue weighted by Gasteiger charge is -2.10. The van der Waals surface area contributed by atoms with Gasteiger partial charge in [0.05, 0.1) is 12.3 Å². The fourth-order valence-electron chi connectivity index (χ4n) is 3.29. The molecule has 0 saturated carbocycles. The maximum atomic E-state index is 12.6. The first-order valence-electron chi connectivity index (χ1n) is 11.2. The standard InChI is InChI=1S/C25H30ClN3O3S/c1-4-5-6-7-14-32-20-12-10-18(11-13-20)27-23(30)16-22-24(31)29(3)25(33-22)28-19-9-8-17(2)21(26)15-19/h8-13,15,22H,4-7,14,16H2,1-3H3,(H,27,30). The third kappa shape index (κ3) is 7.24. The second-order valence-electron chi connectivity index (χ2n) is 8.02. The predicted octanol–water partition coefficient (Wildman–Crippen LogP) is 6.20. The highest BCUT2D eigenvalue weighted by atomic mass is 35.5. The molecule has 0 aliphatic carbocycles. The summed E-state index contributed by atoms with van der Waals surface area (Å²) in [6.07, 6.45) is 4.70. The summed E-state index contributed by atoms with van der Waals surface area (Å²) in [5.41, 5.74) is 2.31. The number of ether oxygens (including phenoxy) is 1. The van der Waals surface area contributed by atoms with E-state index in [-0.39, 0.29) is 18.2 Å². The van der Waals surface area contributed by atoms with E-state index in [0.29, 0.717) is 28.2 Å². The highest BCUT2D eigenvalue weighted by Crippen LogP contribution is 2.32. The first-order valence-corrected chi connectivity index (χ1v) is 12.4. The number of benzene rings is 2. The first-order chi connectivity index (χ1) is 15.9. The molecule has 1 aliphatic rings. The lowest BCUT2D eigenvalue weighted by Crippen LogP contribution is -2.30. The van der Waals surface area contributed by atoms with Gasteiger partial charge in [-0.3, -0.25) is 14.5 Å². The lowest BCUT2D eigenvalue weighted by atomic mass is 10.2. The van der Waals surface area contributed by atoms with Crippen molar-refractivity contribution >= 4 is 51.7 Å². The van der Waals surface area contributed by atoms with Crippen LogP contribution in [0, 0.1) is 6.92 Å². The number of anilines is 1. The molecule has 0 aromatic heterocycles. The van der Waals surface area contributed by atoms with Gasteiger partial charge >= 0.3 is 0 Å². The van der Waals surface area contributed by atoms with Crippen molar-refractivity contribution < 1.29 is 14.3 Å². The molecule has 1 atom stereocenters. The Hall–Kier alpha value is -2.51. The van der Waals surface area contributed by atoms with E-state index < -0.39 is 5.25 Å². The summed E-state index contributed by atoms with van der Waals surface area (Å²) in [6, 6.07) is 12.8. The van der Waals surface area contributed by atoms with Crippen LogP contribution in [0.4, 0.5) is 11.4 Å². The van der Waals surface area contributed by atoms with Crippen molar-refractivity contribution in [3.05, 3.63) is 53.1 Å². The molecule has 33 heavy (non-hydrogen) atoms. The van der Waals surface area contributed by atoms with Crippen molar-refractivity contribution in [2.45, 2.75) is 51.2 Å². The molecule has 1 saturated heterocycles. The topological polar surface area (TPSA) is 71.0 Å². The summed E-state index contributed by atoms with van der Waals surface area (Å²) in [4.78, 5) is 31.2. The predicted molar refractivity (Wildman–Crippen MR) is 137 cm³/mol. The van der Waals surface area contributed by atoms with Gasteiger partial charge in [0, 0.05) is 24.2 Å². The average Bonchev–Trinajstić information content (AvgIpc) is 3.05. The number of aryl methyl sites for hydroxylation is 1. The summed E-state index contributed by atoms with van der Waals surface area (Å²) in [7, 11) is 1.67. The molecule has 1 aliphatic heterocycles. The second kappa shape index (κ2) is 12.1. The maximum Gasteiger partial charge on any atom is 0.242 e. The van der Waals surface area contributed by atoms with Gasteiger partial charge in [0.15, 0.2) is 5.17 Å². The van der Waals surface area contributed by atoms with E-state index in [1.54, 1.807) is 13.1 Å². The smallest absolute Gasteiger partial charge is 0.242 e. The molecule has 0 radical (unpaired) electrons. The number of amidine groups is 1. The van der Waals surface area contributed by atoms with Gasteiger partial charge in [-0.25, -0.2) is 4.99 Å². The molecule has 6 nitrogen and oxygen atoms in total. The number of hydrogen-bond acceptors (Lipinski definition) is 5. The molecule has 1 heterocycles. The number of aliphatic imine (C=N–C) groups is 1. The molecule has 176 valence electrons. The Morgan fingerprint density at radius 1 is 1.18 bits per heavy atom. The summed E-state index contributed by atoms with van der Waals surface area (Å²) in [5, 5.41) is 3.52. The number of thioether (sulfide) groups is 1. The first kappa shape index (κ1) is 25.1. The van der Waals surface area contributed by atoms with Crippen LogP contribution in [0.15, 0.2) is 47.5 Å². The Labute approximate surface area is 204 Å². The van der Waals surface area contributed by atoms with Crippen molar-refractivity contribution in [2.24, 2.45) is 4.99 Å².